The van der Waals surface area contributed by atoms with Crippen molar-refractivity contribution in [3.05, 3.63) is 29.8 Å². The Kier molecular flexibility index (Phi) is 6.90. The molecule has 1 aliphatic heterocycles. The van der Waals surface area contributed by atoms with Gasteiger partial charge in [-0.1, -0.05) is 37.8 Å². The van der Waals surface area contributed by atoms with Crippen molar-refractivity contribution in [1.82, 2.24) is 4.90 Å². The minimum atomic E-state index is -3.31. The summed E-state index contributed by atoms with van der Waals surface area (Å²) in [5.74, 6) is -0.525. The van der Waals surface area contributed by atoms with Crippen molar-refractivity contribution in [2.24, 2.45) is 5.92 Å². The van der Waals surface area contributed by atoms with Gasteiger partial charge in [0.25, 0.3) is 0 Å². The van der Waals surface area contributed by atoms with E-state index in [4.69, 9.17) is 0 Å². The van der Waals surface area contributed by atoms with Crippen molar-refractivity contribution >= 4 is 27.3 Å². The van der Waals surface area contributed by atoms with Crippen LogP contribution in [0.25, 0.3) is 0 Å². The number of anilines is 1. The number of carbonyl (C=O) groups excluding carboxylic acids is 2. The molecule has 0 spiro atoms. The molecule has 1 atom stereocenters. The number of likely N-dealkylation sites (tertiary alicyclic amines) is 1. The van der Waals surface area contributed by atoms with E-state index in [1.165, 1.54) is 12.8 Å². The van der Waals surface area contributed by atoms with Crippen LogP contribution in [0.5, 0.6) is 0 Å². The highest BCUT2D eigenvalue weighted by atomic mass is 32.2. The summed E-state index contributed by atoms with van der Waals surface area (Å²) in [4.78, 5) is 27.3. The molecule has 1 N–H and O–H groups in total. The van der Waals surface area contributed by atoms with E-state index in [-0.39, 0.29) is 35.9 Å². The molecular weight excluding hydrogens is 400 g/mol. The average molecular weight is 435 g/mol. The van der Waals surface area contributed by atoms with Crippen molar-refractivity contribution in [3.63, 3.8) is 0 Å². The van der Waals surface area contributed by atoms with Crippen LogP contribution in [-0.4, -0.2) is 42.5 Å². The van der Waals surface area contributed by atoms with E-state index in [2.05, 4.69) is 5.32 Å². The molecule has 30 heavy (non-hydrogen) atoms. The third-order valence-corrected chi connectivity index (χ3v) is 8.86. The fraction of sp³-hybridized carbons (Fsp3) is 0.652. The average Bonchev–Trinajstić information content (AvgIpc) is 2.86. The van der Waals surface area contributed by atoms with E-state index in [1.807, 2.05) is 4.90 Å². The third-order valence-electron chi connectivity index (χ3n) is 6.28. The van der Waals surface area contributed by atoms with Gasteiger partial charge in [0.05, 0.1) is 16.4 Å². The first-order chi connectivity index (χ1) is 14.1. The molecular formula is C23H34N2O4S. The fourth-order valence-electron chi connectivity index (χ4n) is 4.25. The van der Waals surface area contributed by atoms with Crippen molar-refractivity contribution in [1.29, 1.82) is 0 Å². The summed E-state index contributed by atoms with van der Waals surface area (Å²) in [6, 6.07) is 7.24. The van der Waals surface area contributed by atoms with E-state index in [0.29, 0.717) is 17.8 Å². The monoisotopic (exact) mass is 434 g/mol. The zero-order valence-electron chi connectivity index (χ0n) is 18.3. The summed E-state index contributed by atoms with van der Waals surface area (Å²) in [7, 11) is -3.31. The maximum atomic E-state index is 12.8. The molecule has 1 aliphatic carbocycles. The van der Waals surface area contributed by atoms with Crippen LogP contribution in [0.2, 0.25) is 0 Å². The first-order valence-electron chi connectivity index (χ1n) is 11.0. The van der Waals surface area contributed by atoms with Crippen LogP contribution in [0.15, 0.2) is 24.3 Å². The second-order valence-corrected chi connectivity index (χ2v) is 12.4. The summed E-state index contributed by atoms with van der Waals surface area (Å²) in [5.41, 5.74) is 1.22. The zero-order chi connectivity index (χ0) is 21.9. The van der Waals surface area contributed by atoms with Crippen LogP contribution in [0.1, 0.15) is 71.3 Å². The van der Waals surface area contributed by atoms with Crippen molar-refractivity contribution in [2.75, 3.05) is 11.9 Å². The molecule has 166 valence electrons. The molecule has 6 nitrogen and oxygen atoms in total. The van der Waals surface area contributed by atoms with Crippen molar-refractivity contribution < 1.29 is 18.0 Å². The molecule has 1 aromatic carbocycles. The third kappa shape index (κ3) is 5.42. The molecule has 0 aromatic heterocycles. The van der Waals surface area contributed by atoms with Crippen LogP contribution in [0, 0.1) is 5.92 Å². The van der Waals surface area contributed by atoms with Gasteiger partial charge in [0.2, 0.25) is 11.8 Å². The van der Waals surface area contributed by atoms with Crippen LogP contribution in [0.3, 0.4) is 0 Å². The van der Waals surface area contributed by atoms with Gasteiger partial charge in [0.15, 0.2) is 9.84 Å². The van der Waals surface area contributed by atoms with Crippen LogP contribution in [-0.2, 0) is 25.2 Å². The van der Waals surface area contributed by atoms with Gasteiger partial charge >= 0.3 is 0 Å². The Morgan fingerprint density at radius 3 is 2.43 bits per heavy atom. The van der Waals surface area contributed by atoms with Gasteiger partial charge in [0.1, 0.15) is 0 Å². The molecule has 1 heterocycles. The second-order valence-electron chi connectivity index (χ2n) is 9.65. The number of rotatable bonds is 5. The van der Waals surface area contributed by atoms with Gasteiger partial charge in [-0.3, -0.25) is 9.59 Å². The maximum absolute atomic E-state index is 12.8. The highest BCUT2D eigenvalue weighted by Gasteiger charge is 2.38. The summed E-state index contributed by atoms with van der Waals surface area (Å²) in [5, 5.41) is 2.89. The lowest BCUT2D eigenvalue weighted by Gasteiger charge is -2.27. The van der Waals surface area contributed by atoms with Crippen molar-refractivity contribution in [3.8, 4) is 0 Å². The van der Waals surface area contributed by atoms with Gasteiger partial charge in [-0.25, -0.2) is 8.42 Å². The van der Waals surface area contributed by atoms with Gasteiger partial charge in [-0.2, -0.15) is 0 Å². The fourth-order valence-corrected chi connectivity index (χ4v) is 5.30. The standard InChI is InChI=1S/C23H34N2O4S/c1-23(2,3)30(28,29)16-17-9-8-10-19(13-17)24-22(27)18-14-21(26)25(15-18)20-11-6-4-5-7-12-20/h8-10,13,18,20H,4-7,11-12,14-16H2,1-3H3,(H,24,27). The molecule has 2 fully saturated rings. The first kappa shape index (κ1) is 22.8. The first-order valence-corrected chi connectivity index (χ1v) is 12.6. The quantitative estimate of drug-likeness (QED) is 0.712. The smallest absolute Gasteiger partial charge is 0.229 e. The lowest BCUT2D eigenvalue weighted by atomic mass is 10.1. The van der Waals surface area contributed by atoms with E-state index in [9.17, 15) is 18.0 Å². The molecule has 3 rings (SSSR count). The van der Waals surface area contributed by atoms with Gasteiger partial charge in [-0.05, 0) is 51.3 Å². The topological polar surface area (TPSA) is 83.5 Å². The number of sulfone groups is 1. The van der Waals surface area contributed by atoms with Gasteiger partial charge < -0.3 is 10.2 Å². The Labute approximate surface area is 180 Å². The lowest BCUT2D eigenvalue weighted by molar-refractivity contribution is -0.130. The van der Waals surface area contributed by atoms with Crippen LogP contribution < -0.4 is 5.32 Å². The van der Waals surface area contributed by atoms with E-state index < -0.39 is 14.6 Å². The molecule has 0 radical (unpaired) electrons. The number of hydrogen-bond donors (Lipinski definition) is 1. The number of nitrogens with one attached hydrogen (secondary N) is 1. The molecule has 1 saturated carbocycles. The minimum absolute atomic E-state index is 0.0718. The number of carbonyl (C=O) groups is 2. The molecule has 2 aliphatic rings. The Bertz CT molecular complexity index is 881. The maximum Gasteiger partial charge on any atom is 0.229 e. The molecule has 7 heteroatoms. The van der Waals surface area contributed by atoms with Crippen LogP contribution >= 0.6 is 0 Å². The van der Waals surface area contributed by atoms with Gasteiger partial charge in [0, 0.05) is 24.7 Å². The van der Waals surface area contributed by atoms with Crippen LogP contribution in [0.4, 0.5) is 5.69 Å². The largest absolute Gasteiger partial charge is 0.339 e. The number of hydrogen-bond acceptors (Lipinski definition) is 4. The number of benzene rings is 1. The summed E-state index contributed by atoms with van der Waals surface area (Å²) < 4.78 is 24.1. The van der Waals surface area contributed by atoms with E-state index in [1.54, 1.807) is 45.0 Å². The number of nitrogens with zero attached hydrogens (tertiary/aromatic N) is 1. The predicted molar refractivity (Wildman–Crippen MR) is 119 cm³/mol. The Morgan fingerprint density at radius 2 is 1.80 bits per heavy atom. The molecule has 0 bridgehead atoms. The van der Waals surface area contributed by atoms with Gasteiger partial charge in [-0.15, -0.1) is 0 Å². The Morgan fingerprint density at radius 1 is 1.13 bits per heavy atom. The normalized spacial score (nSPS) is 21.5. The van der Waals surface area contributed by atoms with E-state index >= 15 is 0 Å². The second kappa shape index (κ2) is 9.08. The Hall–Kier alpha value is -1.89. The number of amides is 2. The summed E-state index contributed by atoms with van der Waals surface area (Å²) in [6.45, 7) is 5.54. The minimum Gasteiger partial charge on any atom is -0.339 e. The highest BCUT2D eigenvalue weighted by molar-refractivity contribution is 7.91. The summed E-state index contributed by atoms with van der Waals surface area (Å²) in [6.07, 6.45) is 7.06. The molecule has 1 saturated heterocycles. The zero-order valence-corrected chi connectivity index (χ0v) is 19.1. The Balaban J connectivity index is 1.63. The lowest BCUT2D eigenvalue weighted by Crippen LogP contribution is -2.37. The summed E-state index contributed by atoms with van der Waals surface area (Å²) >= 11 is 0. The van der Waals surface area contributed by atoms with Crippen molar-refractivity contribution in [2.45, 2.75) is 82.3 Å². The molecule has 1 aromatic rings. The SMILES string of the molecule is CC(C)(C)S(=O)(=O)Cc1cccc(NC(=O)C2CC(=O)N(C3CCCCCC3)C2)c1. The highest BCUT2D eigenvalue weighted by Crippen LogP contribution is 2.29. The molecule has 2 amide bonds. The molecule has 1 unspecified atom stereocenters. The predicted octanol–water partition coefficient (Wildman–Crippen LogP) is 3.91. The van der Waals surface area contributed by atoms with E-state index in [0.717, 1.165) is 25.7 Å².